The normalized spacial score (nSPS) is 11.4. The third kappa shape index (κ3) is 4.36. The SMILES string of the molecule is Cc1ccc(C(=O)NCC(=O)N[C@H](C#N)c2ccc(F)cc2F)s1. The zero-order chi connectivity index (χ0) is 17.7. The molecule has 2 aromatic rings. The Bertz CT molecular complexity index is 814. The summed E-state index contributed by atoms with van der Waals surface area (Å²) < 4.78 is 26.6. The molecular formula is C16H13F2N3O2S. The molecule has 0 spiro atoms. The third-order valence-corrected chi connectivity index (χ3v) is 4.08. The summed E-state index contributed by atoms with van der Waals surface area (Å²) in [4.78, 5) is 25.1. The van der Waals surface area contributed by atoms with Crippen LogP contribution in [-0.4, -0.2) is 18.4 Å². The minimum atomic E-state index is -1.28. The van der Waals surface area contributed by atoms with Crippen molar-refractivity contribution in [1.29, 1.82) is 5.26 Å². The van der Waals surface area contributed by atoms with Crippen molar-refractivity contribution in [3.63, 3.8) is 0 Å². The molecule has 0 saturated heterocycles. The van der Waals surface area contributed by atoms with Gasteiger partial charge in [-0.2, -0.15) is 5.26 Å². The highest BCUT2D eigenvalue weighted by molar-refractivity contribution is 7.13. The van der Waals surface area contributed by atoms with Crippen molar-refractivity contribution in [1.82, 2.24) is 10.6 Å². The molecule has 0 aliphatic heterocycles. The average molecular weight is 349 g/mol. The van der Waals surface area contributed by atoms with E-state index in [-0.39, 0.29) is 12.1 Å². The molecule has 2 rings (SSSR count). The standard InChI is InChI=1S/C16H13F2N3O2S/c1-9-2-5-14(24-9)16(23)20-8-15(22)21-13(7-19)11-4-3-10(17)6-12(11)18/h2-6,13H,8H2,1H3,(H,20,23)(H,21,22)/t13-/m1/s1. The second-order valence-corrected chi connectivity index (χ2v) is 6.18. The quantitative estimate of drug-likeness (QED) is 0.870. The summed E-state index contributed by atoms with van der Waals surface area (Å²) in [5.74, 6) is -2.78. The smallest absolute Gasteiger partial charge is 0.261 e. The summed E-state index contributed by atoms with van der Waals surface area (Å²) >= 11 is 1.28. The maximum absolute atomic E-state index is 13.7. The fourth-order valence-corrected chi connectivity index (χ4v) is 2.72. The average Bonchev–Trinajstić information content (AvgIpc) is 2.97. The number of nitriles is 1. The highest BCUT2D eigenvalue weighted by Gasteiger charge is 2.19. The van der Waals surface area contributed by atoms with Gasteiger partial charge in [-0.25, -0.2) is 8.78 Å². The van der Waals surface area contributed by atoms with Crippen LogP contribution in [-0.2, 0) is 4.79 Å². The van der Waals surface area contributed by atoms with Crippen molar-refractivity contribution in [3.8, 4) is 6.07 Å². The van der Waals surface area contributed by atoms with E-state index in [4.69, 9.17) is 5.26 Å². The molecule has 0 bridgehead atoms. The molecule has 8 heteroatoms. The second-order valence-electron chi connectivity index (χ2n) is 4.89. The van der Waals surface area contributed by atoms with Gasteiger partial charge in [0.2, 0.25) is 5.91 Å². The first kappa shape index (κ1) is 17.6. The van der Waals surface area contributed by atoms with Crippen LogP contribution in [0.4, 0.5) is 8.78 Å². The van der Waals surface area contributed by atoms with Crippen LogP contribution < -0.4 is 10.6 Å². The van der Waals surface area contributed by atoms with Crippen molar-refractivity contribution < 1.29 is 18.4 Å². The van der Waals surface area contributed by atoms with Gasteiger partial charge in [-0.15, -0.1) is 11.3 Å². The van der Waals surface area contributed by atoms with Crippen molar-refractivity contribution in [3.05, 3.63) is 57.3 Å². The van der Waals surface area contributed by atoms with Crippen LogP contribution >= 0.6 is 11.3 Å². The molecule has 1 heterocycles. The summed E-state index contributed by atoms with van der Waals surface area (Å²) in [6.45, 7) is 1.49. The van der Waals surface area contributed by atoms with Crippen LogP contribution in [0.25, 0.3) is 0 Å². The van der Waals surface area contributed by atoms with Crippen molar-refractivity contribution in [2.24, 2.45) is 0 Å². The number of aryl methyl sites for hydroxylation is 1. The van der Waals surface area contributed by atoms with E-state index in [1.165, 1.54) is 11.3 Å². The molecule has 0 aliphatic rings. The van der Waals surface area contributed by atoms with Crippen LogP contribution in [0.1, 0.15) is 26.2 Å². The first-order valence-corrected chi connectivity index (χ1v) is 7.71. The number of nitrogens with zero attached hydrogens (tertiary/aromatic N) is 1. The van der Waals surface area contributed by atoms with E-state index in [9.17, 15) is 18.4 Å². The van der Waals surface area contributed by atoms with Gasteiger partial charge in [-0.3, -0.25) is 9.59 Å². The van der Waals surface area contributed by atoms with Crippen LogP contribution in [0.5, 0.6) is 0 Å². The molecule has 0 aliphatic carbocycles. The van der Waals surface area contributed by atoms with Crippen LogP contribution in [0.15, 0.2) is 30.3 Å². The molecule has 0 saturated carbocycles. The number of benzene rings is 1. The summed E-state index contributed by atoms with van der Waals surface area (Å²) in [6.07, 6.45) is 0. The summed E-state index contributed by atoms with van der Waals surface area (Å²) in [5.41, 5.74) is -0.146. The van der Waals surface area contributed by atoms with E-state index < -0.39 is 29.5 Å². The van der Waals surface area contributed by atoms with Gasteiger partial charge >= 0.3 is 0 Å². The summed E-state index contributed by atoms with van der Waals surface area (Å²) in [5, 5.41) is 13.8. The lowest BCUT2D eigenvalue weighted by Crippen LogP contribution is -2.38. The van der Waals surface area contributed by atoms with Gasteiger partial charge in [0.15, 0.2) is 0 Å². The number of rotatable bonds is 5. The minimum Gasteiger partial charge on any atom is -0.342 e. The predicted octanol–water partition coefficient (Wildman–Crippen LogP) is 2.45. The summed E-state index contributed by atoms with van der Waals surface area (Å²) in [7, 11) is 0. The number of thiophene rings is 1. The Balaban J connectivity index is 1.95. The third-order valence-electron chi connectivity index (χ3n) is 3.08. The van der Waals surface area contributed by atoms with Crippen molar-refractivity contribution >= 4 is 23.2 Å². The van der Waals surface area contributed by atoms with E-state index in [2.05, 4.69) is 10.6 Å². The molecule has 5 nitrogen and oxygen atoms in total. The number of hydrogen-bond acceptors (Lipinski definition) is 4. The van der Waals surface area contributed by atoms with Crippen LogP contribution in [0, 0.1) is 29.9 Å². The first-order chi connectivity index (χ1) is 11.4. The number of carbonyl (C=O) groups excluding carboxylic acids is 2. The highest BCUT2D eigenvalue weighted by atomic mass is 32.1. The van der Waals surface area contributed by atoms with E-state index in [1.807, 2.05) is 6.92 Å². The van der Waals surface area contributed by atoms with Crippen LogP contribution in [0.3, 0.4) is 0 Å². The van der Waals surface area contributed by atoms with E-state index in [1.54, 1.807) is 18.2 Å². The molecule has 1 atom stereocenters. The highest BCUT2D eigenvalue weighted by Crippen LogP contribution is 2.17. The Morgan fingerprint density at radius 2 is 2.04 bits per heavy atom. The molecule has 2 N–H and O–H groups in total. The van der Waals surface area contributed by atoms with Gasteiger partial charge in [0, 0.05) is 16.5 Å². The zero-order valence-electron chi connectivity index (χ0n) is 12.6. The number of carbonyl (C=O) groups is 2. The number of nitrogens with one attached hydrogen (secondary N) is 2. The maximum atomic E-state index is 13.7. The Morgan fingerprint density at radius 1 is 1.29 bits per heavy atom. The lowest BCUT2D eigenvalue weighted by Gasteiger charge is -2.13. The van der Waals surface area contributed by atoms with E-state index in [0.29, 0.717) is 10.9 Å². The van der Waals surface area contributed by atoms with Crippen LogP contribution in [0.2, 0.25) is 0 Å². The van der Waals surface area contributed by atoms with Gasteiger partial charge in [-0.05, 0) is 25.1 Å². The predicted molar refractivity (Wildman–Crippen MR) is 84.2 cm³/mol. The number of hydrogen-bond donors (Lipinski definition) is 2. The van der Waals surface area contributed by atoms with Gasteiger partial charge < -0.3 is 10.6 Å². The maximum Gasteiger partial charge on any atom is 0.261 e. The molecule has 0 radical (unpaired) electrons. The Hall–Kier alpha value is -2.79. The molecule has 24 heavy (non-hydrogen) atoms. The topological polar surface area (TPSA) is 82.0 Å². The van der Waals surface area contributed by atoms with E-state index >= 15 is 0 Å². The lowest BCUT2D eigenvalue weighted by molar-refractivity contribution is -0.120. The monoisotopic (exact) mass is 349 g/mol. The molecule has 0 unspecified atom stereocenters. The number of amides is 2. The van der Waals surface area contributed by atoms with Crippen molar-refractivity contribution in [2.45, 2.75) is 13.0 Å². The van der Waals surface area contributed by atoms with Gasteiger partial charge in [0.1, 0.15) is 17.7 Å². The Labute approximate surface area is 140 Å². The summed E-state index contributed by atoms with van der Waals surface area (Å²) in [6, 6.07) is 6.58. The van der Waals surface area contributed by atoms with E-state index in [0.717, 1.165) is 17.0 Å². The Morgan fingerprint density at radius 3 is 2.62 bits per heavy atom. The lowest BCUT2D eigenvalue weighted by atomic mass is 10.1. The molecule has 124 valence electrons. The number of halogens is 2. The van der Waals surface area contributed by atoms with Gasteiger partial charge in [-0.1, -0.05) is 6.07 Å². The fraction of sp³-hybridized carbons (Fsp3) is 0.188. The van der Waals surface area contributed by atoms with Gasteiger partial charge in [0.25, 0.3) is 5.91 Å². The fourth-order valence-electron chi connectivity index (χ4n) is 1.93. The largest absolute Gasteiger partial charge is 0.342 e. The molecule has 1 aromatic heterocycles. The zero-order valence-corrected chi connectivity index (χ0v) is 13.4. The molecular weight excluding hydrogens is 336 g/mol. The minimum absolute atomic E-state index is 0.146. The molecule has 2 amide bonds. The Kier molecular flexibility index (Phi) is 5.60. The first-order valence-electron chi connectivity index (χ1n) is 6.89. The van der Waals surface area contributed by atoms with Crippen molar-refractivity contribution in [2.75, 3.05) is 6.54 Å². The second kappa shape index (κ2) is 7.66. The molecule has 1 aromatic carbocycles. The van der Waals surface area contributed by atoms with Gasteiger partial charge in [0.05, 0.1) is 17.5 Å². The molecule has 0 fully saturated rings.